The number of ether oxygens (including phenoxy) is 1. The summed E-state index contributed by atoms with van der Waals surface area (Å²) >= 11 is 0. The van der Waals surface area contributed by atoms with Gasteiger partial charge in [0.25, 0.3) is 0 Å². The first-order valence-electron chi connectivity index (χ1n) is 9.01. The highest BCUT2D eigenvalue weighted by atomic mass is 16.6. The van der Waals surface area contributed by atoms with Crippen LogP contribution in [0.1, 0.15) is 64.5 Å². The van der Waals surface area contributed by atoms with Gasteiger partial charge in [-0.1, -0.05) is 50.3 Å². The molecule has 2 rings (SSSR count). The second-order valence-electron chi connectivity index (χ2n) is 7.99. The van der Waals surface area contributed by atoms with Crippen molar-refractivity contribution in [1.82, 2.24) is 4.90 Å². The van der Waals surface area contributed by atoms with Gasteiger partial charge >= 0.3 is 6.09 Å². The minimum atomic E-state index is -0.421. The summed E-state index contributed by atoms with van der Waals surface area (Å²) in [4.78, 5) is 13.9. The molecule has 3 heteroatoms. The molecule has 1 aliphatic rings. The number of nitrogens with zero attached hydrogens (tertiary/aromatic N) is 1. The molecule has 1 aliphatic heterocycles. The molecule has 3 nitrogen and oxygen atoms in total. The van der Waals surface area contributed by atoms with E-state index >= 15 is 0 Å². The van der Waals surface area contributed by atoms with Crippen LogP contribution in [0.3, 0.4) is 0 Å². The van der Waals surface area contributed by atoms with E-state index in [2.05, 4.69) is 50.3 Å². The van der Waals surface area contributed by atoms with Gasteiger partial charge in [0.1, 0.15) is 5.60 Å². The van der Waals surface area contributed by atoms with Gasteiger partial charge in [0.2, 0.25) is 0 Å². The Morgan fingerprint density at radius 2 is 1.75 bits per heavy atom. The number of allylic oxidation sites excluding steroid dienone is 1. The summed E-state index contributed by atoms with van der Waals surface area (Å²) in [5.74, 6) is 1.11. The standard InChI is InChI=1S/C21H31NO2/c1-16(2)19-10-8-17(9-11-19)6-7-18-12-14-22(15-13-18)20(23)24-21(3,4)5/h6-11,16,18H,12-15H2,1-5H3/b7-6-. The molecule has 1 fully saturated rings. The maximum Gasteiger partial charge on any atom is 0.410 e. The van der Waals surface area contributed by atoms with Crippen molar-refractivity contribution >= 4 is 12.2 Å². The Hall–Kier alpha value is -1.77. The van der Waals surface area contributed by atoms with Crippen molar-refractivity contribution < 1.29 is 9.53 Å². The summed E-state index contributed by atoms with van der Waals surface area (Å²) in [5.41, 5.74) is 2.20. The van der Waals surface area contributed by atoms with Gasteiger partial charge in [-0.25, -0.2) is 4.79 Å². The van der Waals surface area contributed by atoms with Crippen molar-refractivity contribution in [2.75, 3.05) is 13.1 Å². The van der Waals surface area contributed by atoms with E-state index in [0.29, 0.717) is 11.8 Å². The van der Waals surface area contributed by atoms with Crippen LogP contribution in [0.5, 0.6) is 0 Å². The molecule has 0 saturated carbocycles. The van der Waals surface area contributed by atoms with E-state index in [1.165, 1.54) is 11.1 Å². The summed E-state index contributed by atoms with van der Waals surface area (Å²) in [7, 11) is 0. The average molecular weight is 329 g/mol. The van der Waals surface area contributed by atoms with Gasteiger partial charge in [0, 0.05) is 13.1 Å². The third-order valence-electron chi connectivity index (χ3n) is 4.36. The molecule has 0 aromatic heterocycles. The van der Waals surface area contributed by atoms with Crippen LogP contribution in [0.25, 0.3) is 6.08 Å². The zero-order valence-electron chi connectivity index (χ0n) is 15.7. The molecule has 0 radical (unpaired) electrons. The predicted molar refractivity (Wildman–Crippen MR) is 100 cm³/mol. The molecule has 0 aliphatic carbocycles. The van der Waals surface area contributed by atoms with E-state index < -0.39 is 5.60 Å². The zero-order valence-corrected chi connectivity index (χ0v) is 15.7. The highest BCUT2D eigenvalue weighted by molar-refractivity contribution is 5.68. The maximum absolute atomic E-state index is 12.1. The molecule has 1 amide bonds. The number of rotatable bonds is 3. The summed E-state index contributed by atoms with van der Waals surface area (Å²) in [5, 5.41) is 0. The number of hydrogen-bond donors (Lipinski definition) is 0. The van der Waals surface area contributed by atoms with E-state index in [1.807, 2.05) is 25.7 Å². The van der Waals surface area contributed by atoms with Gasteiger partial charge in [0.15, 0.2) is 0 Å². The Labute approximate surface area is 146 Å². The smallest absolute Gasteiger partial charge is 0.410 e. The fourth-order valence-corrected chi connectivity index (χ4v) is 2.84. The van der Waals surface area contributed by atoms with Crippen LogP contribution < -0.4 is 0 Å². The van der Waals surface area contributed by atoms with E-state index in [1.54, 1.807) is 0 Å². The fraction of sp³-hybridized carbons (Fsp3) is 0.571. The molecule has 0 N–H and O–H groups in total. The number of piperidine rings is 1. The number of carbonyl (C=O) groups is 1. The summed E-state index contributed by atoms with van der Waals surface area (Å²) in [6.45, 7) is 11.7. The molecule has 1 aromatic rings. The molecule has 1 heterocycles. The molecule has 24 heavy (non-hydrogen) atoms. The van der Waals surface area contributed by atoms with Crippen LogP contribution in [-0.4, -0.2) is 29.7 Å². The highest BCUT2D eigenvalue weighted by Crippen LogP contribution is 2.22. The Balaban J connectivity index is 1.83. The van der Waals surface area contributed by atoms with E-state index in [-0.39, 0.29) is 6.09 Å². The minimum absolute atomic E-state index is 0.186. The van der Waals surface area contributed by atoms with Crippen molar-refractivity contribution in [3.8, 4) is 0 Å². The first kappa shape index (κ1) is 18.6. The van der Waals surface area contributed by atoms with Crippen molar-refractivity contribution in [2.24, 2.45) is 5.92 Å². The molecule has 1 aromatic carbocycles. The quantitative estimate of drug-likeness (QED) is 0.736. The Kier molecular flexibility index (Phi) is 6.09. The average Bonchev–Trinajstić information content (AvgIpc) is 2.52. The third kappa shape index (κ3) is 5.70. The molecular formula is C21H31NO2. The number of likely N-dealkylation sites (tertiary alicyclic amines) is 1. The number of hydrogen-bond acceptors (Lipinski definition) is 2. The van der Waals surface area contributed by atoms with Crippen molar-refractivity contribution in [3.05, 3.63) is 41.5 Å². The van der Waals surface area contributed by atoms with Gasteiger partial charge in [0.05, 0.1) is 0 Å². The number of carbonyl (C=O) groups excluding carboxylic acids is 1. The molecule has 0 bridgehead atoms. The van der Waals surface area contributed by atoms with Crippen molar-refractivity contribution in [1.29, 1.82) is 0 Å². The van der Waals surface area contributed by atoms with Gasteiger partial charge in [-0.05, 0) is 56.6 Å². The topological polar surface area (TPSA) is 29.5 Å². The van der Waals surface area contributed by atoms with Crippen molar-refractivity contribution in [2.45, 2.75) is 59.0 Å². The van der Waals surface area contributed by atoms with E-state index in [9.17, 15) is 4.79 Å². The molecule has 132 valence electrons. The second kappa shape index (κ2) is 7.87. The molecule has 0 unspecified atom stereocenters. The first-order valence-corrected chi connectivity index (χ1v) is 9.01. The molecule has 0 atom stereocenters. The predicted octanol–water partition coefficient (Wildman–Crippen LogP) is 5.47. The number of amides is 1. The second-order valence-corrected chi connectivity index (χ2v) is 7.99. The van der Waals surface area contributed by atoms with Gasteiger partial charge < -0.3 is 9.64 Å². The third-order valence-corrected chi connectivity index (χ3v) is 4.36. The Morgan fingerprint density at radius 3 is 2.25 bits per heavy atom. The molecule has 1 saturated heterocycles. The Bertz CT molecular complexity index is 558. The maximum atomic E-state index is 12.1. The summed E-state index contributed by atoms with van der Waals surface area (Å²) in [6, 6.07) is 8.77. The molecule has 0 spiro atoms. The lowest BCUT2D eigenvalue weighted by atomic mass is 9.95. The molecular weight excluding hydrogens is 298 g/mol. The summed E-state index contributed by atoms with van der Waals surface area (Å²) < 4.78 is 5.44. The monoisotopic (exact) mass is 329 g/mol. The first-order chi connectivity index (χ1) is 11.2. The van der Waals surface area contributed by atoms with Crippen LogP contribution in [0.15, 0.2) is 30.3 Å². The van der Waals surface area contributed by atoms with Crippen LogP contribution in [0, 0.1) is 5.92 Å². The SMILES string of the molecule is CC(C)c1ccc(/C=C\C2CCN(C(=O)OC(C)(C)C)CC2)cc1. The Morgan fingerprint density at radius 1 is 1.17 bits per heavy atom. The lowest BCUT2D eigenvalue weighted by Crippen LogP contribution is -2.41. The normalized spacial score (nSPS) is 16.8. The van der Waals surface area contributed by atoms with Gasteiger partial charge in [-0.3, -0.25) is 0 Å². The zero-order chi connectivity index (χ0) is 17.7. The number of benzene rings is 1. The minimum Gasteiger partial charge on any atom is -0.444 e. The van der Waals surface area contributed by atoms with Crippen LogP contribution in [-0.2, 0) is 4.74 Å². The lowest BCUT2D eigenvalue weighted by Gasteiger charge is -2.32. The van der Waals surface area contributed by atoms with Crippen LogP contribution in [0.4, 0.5) is 4.79 Å². The van der Waals surface area contributed by atoms with Gasteiger partial charge in [-0.15, -0.1) is 0 Å². The van der Waals surface area contributed by atoms with Crippen LogP contribution in [0.2, 0.25) is 0 Å². The van der Waals surface area contributed by atoms with Gasteiger partial charge in [-0.2, -0.15) is 0 Å². The van der Waals surface area contributed by atoms with Crippen LogP contribution >= 0.6 is 0 Å². The van der Waals surface area contributed by atoms with E-state index in [4.69, 9.17) is 4.74 Å². The summed E-state index contributed by atoms with van der Waals surface area (Å²) in [6.07, 6.45) is 6.31. The van der Waals surface area contributed by atoms with Crippen molar-refractivity contribution in [3.63, 3.8) is 0 Å². The largest absolute Gasteiger partial charge is 0.444 e. The lowest BCUT2D eigenvalue weighted by molar-refractivity contribution is 0.0197. The highest BCUT2D eigenvalue weighted by Gasteiger charge is 2.25. The van der Waals surface area contributed by atoms with E-state index in [0.717, 1.165) is 25.9 Å². The fourth-order valence-electron chi connectivity index (χ4n) is 2.84.